The number of benzene rings is 2. The molecule has 0 bridgehead atoms. The van der Waals surface area contributed by atoms with Gasteiger partial charge in [-0.1, -0.05) is 0 Å². The molecule has 0 fully saturated rings. The van der Waals surface area contributed by atoms with E-state index in [1.54, 1.807) is 0 Å². The third-order valence-electron chi connectivity index (χ3n) is 7.27. The van der Waals surface area contributed by atoms with Gasteiger partial charge in [-0.3, -0.25) is 0 Å². The van der Waals surface area contributed by atoms with Crippen molar-refractivity contribution in [1.29, 1.82) is 0 Å². The molecule has 0 spiro atoms. The molecule has 4 rings (SSSR count). The molecule has 2 aliphatic carbocycles. The van der Waals surface area contributed by atoms with Crippen LogP contribution in [0.5, 0.6) is 0 Å². The first-order valence-corrected chi connectivity index (χ1v) is 26.9. The molecule has 2 atom stereocenters. The fraction of sp³-hybridized carbons (Fsp3) is 0.231. The Morgan fingerprint density at radius 1 is 0.800 bits per heavy atom. The third-order valence-corrected chi connectivity index (χ3v) is 59.5. The Labute approximate surface area is 189 Å². The van der Waals surface area contributed by atoms with Crippen LogP contribution in [0.15, 0.2) is 60.7 Å². The van der Waals surface area contributed by atoms with Crippen molar-refractivity contribution in [3.8, 4) is 0 Å². The van der Waals surface area contributed by atoms with Gasteiger partial charge >= 0.3 is 191 Å². The van der Waals surface area contributed by atoms with Crippen molar-refractivity contribution in [1.82, 2.24) is 0 Å². The van der Waals surface area contributed by atoms with Crippen molar-refractivity contribution in [2.75, 3.05) is 0 Å². The third kappa shape index (κ3) is 2.95. The fourth-order valence-corrected chi connectivity index (χ4v) is 38.7. The Bertz CT molecular complexity index is 1060. The van der Waals surface area contributed by atoms with Gasteiger partial charge in [-0.15, -0.1) is 0 Å². The molecule has 0 aromatic heterocycles. The molecule has 2 aromatic rings. The molecule has 2 unspecified atom stereocenters. The summed E-state index contributed by atoms with van der Waals surface area (Å²) in [5.41, 5.74) is 10.1. The van der Waals surface area contributed by atoms with Crippen molar-refractivity contribution >= 4 is 47.3 Å². The van der Waals surface area contributed by atoms with E-state index < -0.39 is 21.5 Å². The Morgan fingerprint density at radius 2 is 1.20 bits per heavy atom. The average molecular weight is 532 g/mol. The zero-order valence-electron chi connectivity index (χ0n) is 18.2. The van der Waals surface area contributed by atoms with Crippen LogP contribution >= 0.6 is 17.0 Å². The van der Waals surface area contributed by atoms with Gasteiger partial charge in [0.15, 0.2) is 0 Å². The van der Waals surface area contributed by atoms with E-state index in [4.69, 9.17) is 17.0 Å². The number of halogens is 2. The second kappa shape index (κ2) is 7.59. The van der Waals surface area contributed by atoms with Gasteiger partial charge in [0.05, 0.1) is 0 Å². The standard InChI is InChI=1S/2C12H11.C2H7Si.2ClH.Zr/c2*1-3-10-5-4-6-11-7-9(2)8-12(10)11;1-3-2;;;/h2*3-8H,1H2,2H3;3H,1-2H3;2*1H;/q;;;;;+2/p-2. The summed E-state index contributed by atoms with van der Waals surface area (Å²) in [6.45, 7) is 17.2. The normalized spacial score (nSPS) is 21.4. The molecule has 0 amide bonds. The molecule has 0 aliphatic heterocycles. The van der Waals surface area contributed by atoms with E-state index in [2.05, 4.69) is 88.6 Å². The van der Waals surface area contributed by atoms with Gasteiger partial charge in [0.1, 0.15) is 0 Å². The molecule has 0 heterocycles. The summed E-state index contributed by atoms with van der Waals surface area (Å²) in [6.07, 6.45) is 8.49. The van der Waals surface area contributed by atoms with E-state index in [0.29, 0.717) is 0 Å². The van der Waals surface area contributed by atoms with Crippen molar-refractivity contribution in [3.63, 3.8) is 0 Å². The second-order valence-corrected chi connectivity index (χ2v) is 51.6. The van der Waals surface area contributed by atoms with Crippen LogP contribution in [0.25, 0.3) is 24.3 Å². The van der Waals surface area contributed by atoms with Gasteiger partial charge < -0.3 is 0 Å². The maximum atomic E-state index is 8.08. The van der Waals surface area contributed by atoms with Crippen LogP contribution in [-0.2, 0) is 15.6 Å². The molecule has 0 nitrogen and oxygen atoms in total. The van der Waals surface area contributed by atoms with E-state index >= 15 is 0 Å². The summed E-state index contributed by atoms with van der Waals surface area (Å²) in [6, 6.07) is 13.0. The van der Waals surface area contributed by atoms with Crippen LogP contribution < -0.4 is 0 Å². The van der Waals surface area contributed by atoms with Gasteiger partial charge in [0, 0.05) is 0 Å². The van der Waals surface area contributed by atoms with E-state index in [1.165, 1.54) is 44.5 Å². The van der Waals surface area contributed by atoms with Gasteiger partial charge in [-0.2, -0.15) is 0 Å². The molecule has 2 aliphatic rings. The number of allylic oxidation sites excluding steroid dienone is 2. The van der Waals surface area contributed by atoms with E-state index in [-0.39, 0.29) is 7.25 Å². The van der Waals surface area contributed by atoms with Crippen LogP contribution in [0.4, 0.5) is 0 Å². The zero-order valence-corrected chi connectivity index (χ0v) is 23.3. The molecule has 0 saturated heterocycles. The van der Waals surface area contributed by atoms with Crippen molar-refractivity contribution < 1.29 is 15.6 Å². The predicted molar refractivity (Wildman–Crippen MR) is 136 cm³/mol. The van der Waals surface area contributed by atoms with Crippen LogP contribution in [0.3, 0.4) is 0 Å². The number of rotatable bonds is 5. The zero-order chi connectivity index (χ0) is 21.9. The van der Waals surface area contributed by atoms with E-state index in [9.17, 15) is 0 Å². The summed E-state index contributed by atoms with van der Waals surface area (Å²) in [7, 11) is 16.2. The van der Waals surface area contributed by atoms with Gasteiger partial charge in [-0.25, -0.2) is 0 Å². The van der Waals surface area contributed by atoms with Crippen LogP contribution in [0, 0.1) is 0 Å². The summed E-state index contributed by atoms with van der Waals surface area (Å²) in [4.78, 5) is 0. The fourth-order valence-electron chi connectivity index (χ4n) is 5.81. The number of fused-ring (bicyclic) bond motifs is 2. The maximum absolute atomic E-state index is 8.08. The summed E-state index contributed by atoms with van der Waals surface area (Å²) < 4.78 is 0.283. The monoisotopic (exact) mass is 529 g/mol. The molecular formula is C26H29Cl2SiZr. The predicted octanol–water partition coefficient (Wildman–Crippen LogP) is 8.57. The van der Waals surface area contributed by atoms with Crippen LogP contribution in [0.1, 0.15) is 54.5 Å². The molecule has 2 aromatic carbocycles. The van der Waals surface area contributed by atoms with E-state index in [0.717, 1.165) is 0 Å². The summed E-state index contributed by atoms with van der Waals surface area (Å²) in [5.74, 6) is -1.46. The van der Waals surface area contributed by atoms with Crippen molar-refractivity contribution in [3.05, 3.63) is 94.1 Å². The van der Waals surface area contributed by atoms with E-state index in [1.807, 2.05) is 12.2 Å². The van der Waals surface area contributed by atoms with Crippen LogP contribution in [-0.4, -0.2) is 5.92 Å². The van der Waals surface area contributed by atoms with Gasteiger partial charge in [0.25, 0.3) is 0 Å². The Balaban J connectivity index is 2.01. The molecular weight excluding hydrogens is 503 g/mol. The molecule has 30 heavy (non-hydrogen) atoms. The number of hydrogen-bond acceptors (Lipinski definition) is 0. The Kier molecular flexibility index (Phi) is 5.64. The topological polar surface area (TPSA) is 0 Å². The SMILES string of the molecule is C=Cc1cccc2c1C=C(C)[CH]2[Zr]([Cl])([Cl])([CH]1C(C)=Cc2c(C=C)cccc21)[SiH](C)C. The van der Waals surface area contributed by atoms with Crippen molar-refractivity contribution in [2.24, 2.45) is 0 Å². The number of hydrogen-bond donors (Lipinski definition) is 0. The second-order valence-electron chi connectivity index (χ2n) is 9.13. The molecule has 0 saturated carbocycles. The molecule has 0 N–H and O–H groups in total. The first kappa shape index (κ1) is 22.3. The summed E-state index contributed by atoms with van der Waals surface area (Å²) in [5, 5.41) is 0. The molecule has 4 heteroatoms. The van der Waals surface area contributed by atoms with Crippen molar-refractivity contribution in [2.45, 2.75) is 34.2 Å². The quantitative estimate of drug-likeness (QED) is 0.339. The summed E-state index contributed by atoms with van der Waals surface area (Å²) >= 11 is -4.48. The first-order valence-electron chi connectivity index (χ1n) is 10.6. The van der Waals surface area contributed by atoms with Crippen LogP contribution in [0.2, 0.25) is 13.1 Å². The first-order chi connectivity index (χ1) is 14.1. The minimum absolute atomic E-state index is 0.142. The average Bonchev–Trinajstić information content (AvgIpc) is 3.23. The van der Waals surface area contributed by atoms with Gasteiger partial charge in [0.2, 0.25) is 0 Å². The molecule has 0 radical (unpaired) electrons. The Hall–Kier alpha value is -0.920. The minimum atomic E-state index is -4.48. The Morgan fingerprint density at radius 3 is 1.53 bits per heavy atom. The van der Waals surface area contributed by atoms with Gasteiger partial charge in [-0.05, 0) is 0 Å². The molecule has 155 valence electrons.